The number of rotatable bonds is 9. The minimum Gasteiger partial charge on any atom is -0.493 e. The minimum atomic E-state index is -0.517. The van der Waals surface area contributed by atoms with Gasteiger partial charge < -0.3 is 29.0 Å². The van der Waals surface area contributed by atoms with E-state index in [9.17, 15) is 14.4 Å². The standard InChI is InChI=1S/C29H30N6O7S/c1-29(2,3)23-15-24(34-42-23)33-28(38)32-17-6-5-7-18(12-17)41-25-19-13-22(21(39-4)14-20(19)30-16-31-25)40-10-8-35-9-11-43-27(37)26(35)36/h5-7,12-16H,8-11H2,1-4H3,(H2,32,33,34,38). The first-order chi connectivity index (χ1) is 20.6. The Morgan fingerprint density at radius 3 is 2.70 bits per heavy atom. The number of nitrogens with one attached hydrogen (secondary N) is 2. The van der Waals surface area contributed by atoms with Crippen LogP contribution in [0.15, 0.2) is 53.3 Å². The van der Waals surface area contributed by atoms with Crippen molar-refractivity contribution in [2.45, 2.75) is 26.2 Å². The number of anilines is 2. The third-order valence-corrected chi connectivity index (χ3v) is 7.18. The van der Waals surface area contributed by atoms with Gasteiger partial charge in [-0.15, -0.1) is 0 Å². The lowest BCUT2D eigenvalue weighted by molar-refractivity contribution is -0.140. The number of carbonyl (C=O) groups excluding carboxylic acids is 3. The highest BCUT2D eigenvalue weighted by atomic mass is 32.2. The van der Waals surface area contributed by atoms with Gasteiger partial charge in [0.05, 0.1) is 24.6 Å². The predicted octanol–water partition coefficient (Wildman–Crippen LogP) is 4.84. The quantitative estimate of drug-likeness (QED) is 0.251. The summed E-state index contributed by atoms with van der Waals surface area (Å²) in [5, 5.41) is 9.39. The van der Waals surface area contributed by atoms with E-state index in [-0.39, 0.29) is 24.4 Å². The molecule has 224 valence electrons. The van der Waals surface area contributed by atoms with E-state index in [1.807, 2.05) is 20.8 Å². The van der Waals surface area contributed by atoms with Crippen molar-refractivity contribution in [3.05, 3.63) is 54.6 Å². The van der Waals surface area contributed by atoms with Crippen molar-refractivity contribution in [3.63, 3.8) is 0 Å². The Kier molecular flexibility index (Phi) is 8.66. The molecule has 2 aromatic carbocycles. The first-order valence-electron chi connectivity index (χ1n) is 13.4. The number of urea groups is 1. The van der Waals surface area contributed by atoms with Crippen molar-refractivity contribution in [2.24, 2.45) is 0 Å². The average molecular weight is 607 g/mol. The fraction of sp³-hybridized carbons (Fsp3) is 0.310. The molecule has 0 bridgehead atoms. The van der Waals surface area contributed by atoms with E-state index >= 15 is 0 Å². The number of carbonyl (C=O) groups is 3. The molecule has 43 heavy (non-hydrogen) atoms. The van der Waals surface area contributed by atoms with Crippen molar-refractivity contribution in [2.75, 3.05) is 43.2 Å². The van der Waals surface area contributed by atoms with Crippen molar-refractivity contribution < 1.29 is 33.1 Å². The summed E-state index contributed by atoms with van der Waals surface area (Å²) in [7, 11) is 1.51. The van der Waals surface area contributed by atoms with Gasteiger partial charge in [-0.2, -0.15) is 0 Å². The van der Waals surface area contributed by atoms with Crippen LogP contribution in [0.5, 0.6) is 23.1 Å². The van der Waals surface area contributed by atoms with E-state index in [0.29, 0.717) is 57.7 Å². The summed E-state index contributed by atoms with van der Waals surface area (Å²) < 4.78 is 22.8. The van der Waals surface area contributed by atoms with Crippen LogP contribution in [0, 0.1) is 0 Å². The number of fused-ring (bicyclic) bond motifs is 1. The molecule has 1 aliphatic heterocycles. The third-order valence-electron chi connectivity index (χ3n) is 6.36. The second-order valence-corrected chi connectivity index (χ2v) is 11.6. The maximum absolute atomic E-state index is 12.6. The summed E-state index contributed by atoms with van der Waals surface area (Å²) >= 11 is 1.03. The molecule has 3 heterocycles. The molecule has 0 radical (unpaired) electrons. The monoisotopic (exact) mass is 606 g/mol. The molecule has 5 rings (SSSR count). The molecule has 13 nitrogen and oxygen atoms in total. The van der Waals surface area contributed by atoms with Gasteiger partial charge in [0.25, 0.3) is 5.12 Å². The second-order valence-electron chi connectivity index (χ2n) is 10.5. The summed E-state index contributed by atoms with van der Waals surface area (Å²) in [4.78, 5) is 46.5. The number of aromatic nitrogens is 3. The van der Waals surface area contributed by atoms with Gasteiger partial charge >= 0.3 is 11.9 Å². The van der Waals surface area contributed by atoms with Crippen LogP contribution in [0.3, 0.4) is 0 Å². The smallest absolute Gasteiger partial charge is 0.324 e. The molecule has 0 spiro atoms. The maximum Gasteiger partial charge on any atom is 0.324 e. The third kappa shape index (κ3) is 7.15. The number of benzene rings is 2. The van der Waals surface area contributed by atoms with E-state index in [1.54, 1.807) is 42.5 Å². The van der Waals surface area contributed by atoms with Crippen LogP contribution in [-0.4, -0.2) is 69.6 Å². The van der Waals surface area contributed by atoms with Crippen LogP contribution < -0.4 is 24.8 Å². The largest absolute Gasteiger partial charge is 0.493 e. The molecule has 2 N–H and O–H groups in total. The zero-order valence-electron chi connectivity index (χ0n) is 24.0. The van der Waals surface area contributed by atoms with E-state index in [1.165, 1.54) is 18.3 Å². The maximum atomic E-state index is 12.6. The highest BCUT2D eigenvalue weighted by molar-refractivity contribution is 8.15. The van der Waals surface area contributed by atoms with Crippen LogP contribution in [0.25, 0.3) is 10.9 Å². The number of hydrogen-bond donors (Lipinski definition) is 2. The van der Waals surface area contributed by atoms with Gasteiger partial charge in [0.1, 0.15) is 24.4 Å². The lowest BCUT2D eigenvalue weighted by atomic mass is 9.93. The second kappa shape index (κ2) is 12.6. The fourth-order valence-corrected chi connectivity index (χ4v) is 4.88. The number of amides is 3. The molecule has 0 aliphatic carbocycles. The van der Waals surface area contributed by atoms with Crippen LogP contribution in [0.2, 0.25) is 0 Å². The molecule has 0 saturated carbocycles. The first-order valence-corrected chi connectivity index (χ1v) is 14.3. The van der Waals surface area contributed by atoms with Gasteiger partial charge in [0, 0.05) is 41.6 Å². The molecule has 2 aromatic heterocycles. The fourth-order valence-electron chi connectivity index (χ4n) is 4.13. The van der Waals surface area contributed by atoms with Gasteiger partial charge in [0.2, 0.25) is 5.88 Å². The number of ether oxygens (including phenoxy) is 3. The minimum absolute atomic E-state index is 0.150. The zero-order chi connectivity index (χ0) is 30.6. The van der Waals surface area contributed by atoms with E-state index in [4.69, 9.17) is 18.7 Å². The van der Waals surface area contributed by atoms with Crippen molar-refractivity contribution in [1.82, 2.24) is 20.0 Å². The zero-order valence-corrected chi connectivity index (χ0v) is 24.8. The Bertz CT molecular complexity index is 1670. The van der Waals surface area contributed by atoms with E-state index < -0.39 is 17.1 Å². The Hall–Kier alpha value is -4.85. The molecule has 1 aliphatic rings. The van der Waals surface area contributed by atoms with Crippen LogP contribution in [0.1, 0.15) is 26.5 Å². The van der Waals surface area contributed by atoms with Crippen LogP contribution in [-0.2, 0) is 15.0 Å². The molecule has 0 unspecified atom stereocenters. The van der Waals surface area contributed by atoms with Crippen LogP contribution >= 0.6 is 11.8 Å². The van der Waals surface area contributed by atoms with Crippen LogP contribution in [0.4, 0.5) is 16.3 Å². The summed E-state index contributed by atoms with van der Waals surface area (Å²) in [5.41, 5.74) is 0.786. The molecule has 1 saturated heterocycles. The summed E-state index contributed by atoms with van der Waals surface area (Å²) in [6.07, 6.45) is 1.37. The lowest BCUT2D eigenvalue weighted by Gasteiger charge is -2.25. The molecule has 14 heteroatoms. The molecule has 0 atom stereocenters. The highest BCUT2D eigenvalue weighted by Crippen LogP contribution is 2.36. The average Bonchev–Trinajstić information content (AvgIpc) is 3.44. The SMILES string of the molecule is COc1cc2ncnc(Oc3cccc(NC(=O)Nc4cc(C(C)(C)C)on4)c3)c2cc1OCCN1CCSC(=O)C1=O. The summed E-state index contributed by atoms with van der Waals surface area (Å²) in [6, 6.07) is 11.4. The molecule has 3 amide bonds. The normalized spacial score (nSPS) is 13.6. The van der Waals surface area contributed by atoms with Gasteiger partial charge in [-0.1, -0.05) is 43.8 Å². The lowest BCUT2D eigenvalue weighted by Crippen LogP contribution is -2.43. The Labute approximate surface area is 251 Å². The molecule has 4 aromatic rings. The van der Waals surface area contributed by atoms with E-state index in [2.05, 4.69) is 25.8 Å². The number of nitrogens with zero attached hydrogens (tertiary/aromatic N) is 4. The van der Waals surface area contributed by atoms with Gasteiger partial charge in [0.15, 0.2) is 17.3 Å². The highest BCUT2D eigenvalue weighted by Gasteiger charge is 2.27. The van der Waals surface area contributed by atoms with Crippen molar-refractivity contribution >= 4 is 51.2 Å². The number of thioether (sulfide) groups is 1. The van der Waals surface area contributed by atoms with E-state index in [0.717, 1.165) is 11.8 Å². The van der Waals surface area contributed by atoms with Gasteiger partial charge in [-0.3, -0.25) is 14.9 Å². The molecular formula is C29H30N6O7S. The summed E-state index contributed by atoms with van der Waals surface area (Å²) in [5.74, 6) is 2.49. The predicted molar refractivity (Wildman–Crippen MR) is 160 cm³/mol. The van der Waals surface area contributed by atoms with Gasteiger partial charge in [-0.05, 0) is 18.2 Å². The Balaban J connectivity index is 1.28. The van der Waals surface area contributed by atoms with Crippen molar-refractivity contribution in [1.29, 1.82) is 0 Å². The summed E-state index contributed by atoms with van der Waals surface area (Å²) in [6.45, 7) is 6.83. The van der Waals surface area contributed by atoms with Crippen molar-refractivity contribution in [3.8, 4) is 23.1 Å². The number of hydrogen-bond acceptors (Lipinski definition) is 11. The Morgan fingerprint density at radius 1 is 1.09 bits per heavy atom. The van der Waals surface area contributed by atoms with Gasteiger partial charge in [-0.25, -0.2) is 14.8 Å². The molecule has 1 fully saturated rings. The topological polar surface area (TPSA) is 158 Å². The Morgan fingerprint density at radius 2 is 1.93 bits per heavy atom. The number of methoxy groups -OCH3 is 1. The molecular weight excluding hydrogens is 576 g/mol. The first kappa shape index (κ1) is 29.6.